The predicted octanol–water partition coefficient (Wildman–Crippen LogP) is 7.70. The number of aryl methyl sites for hydroxylation is 10. The van der Waals surface area contributed by atoms with Crippen LogP contribution in [0.1, 0.15) is 79.3 Å². The van der Waals surface area contributed by atoms with E-state index in [1.807, 2.05) is 78.3 Å². The van der Waals surface area contributed by atoms with Crippen LogP contribution in [0.3, 0.4) is 0 Å². The molecule has 0 aliphatic rings. The number of pyridine rings is 6. The predicted molar refractivity (Wildman–Crippen MR) is 217 cm³/mol. The normalized spacial score (nSPS) is 8.85. The van der Waals surface area contributed by atoms with Crippen molar-refractivity contribution in [1.29, 1.82) is 0 Å². The number of nitrogen functional groups attached to an aromatic ring is 1. The number of aromatic carboxylic acids is 1. The molecular weight excluding hydrogens is 1060 g/mol. The third kappa shape index (κ3) is 29.3. The second-order valence-electron chi connectivity index (χ2n) is 12.3. The molecule has 0 aliphatic carbocycles. The summed E-state index contributed by atoms with van der Waals surface area (Å²) in [5.41, 5.74) is 16.6. The summed E-state index contributed by atoms with van der Waals surface area (Å²) in [5.74, 6) is -0.969. The average molecular weight is 1110 g/mol. The summed E-state index contributed by atoms with van der Waals surface area (Å²) in [4.78, 5) is 43.9. The zero-order chi connectivity index (χ0) is 42.2. The number of aromatic nitrogens is 6. The number of carboxylic acids is 1. The number of aliphatic hydroxyl groups is 1. The minimum Gasteiger partial charge on any atom is -0.491 e. The number of rotatable bonds is 4. The number of aliphatic hydroxyl groups excluding tert-OH is 1. The summed E-state index contributed by atoms with van der Waals surface area (Å²) in [7, 11) is 0. The molecule has 4 N–H and O–H groups in total. The van der Waals surface area contributed by atoms with Crippen molar-refractivity contribution in [2.45, 2.75) is 82.3 Å². The Morgan fingerprint density at radius 1 is 0.617 bits per heavy atom. The summed E-state index contributed by atoms with van der Waals surface area (Å²) in [6, 6.07) is 22.1. The van der Waals surface area contributed by atoms with E-state index < -0.39 is 10.9 Å². The van der Waals surface area contributed by atoms with Crippen molar-refractivity contribution >= 4 is 17.3 Å². The number of nitrogens with zero attached hydrogens (tertiary/aromatic N) is 7. The van der Waals surface area contributed by atoms with Crippen LogP contribution in [0.15, 0.2) is 73.6 Å². The number of nitrogens with two attached hydrogens (primary N) is 1. The van der Waals surface area contributed by atoms with Gasteiger partial charge in [0, 0.05) is 156 Å². The molecule has 13 nitrogen and oxygen atoms in total. The SMILES string of the molecule is CCc1c[c-]c(C)nc1.Cc1[c-]cc(C(=O)O)cn1.Cc1[c-]cc(CO)cn1.Cc1c[c-]c(C)nc1.Cc1cnc(C)c(N)c1.Cc1cnc(C)c([N+](=O)[O-])c1.[Y].[Y].[Y].[Y]. The average Bonchev–Trinajstić information content (AvgIpc) is 3.17. The van der Waals surface area contributed by atoms with Crippen molar-refractivity contribution in [3.63, 3.8) is 0 Å². The monoisotopic (exact) mass is 1110 g/mol. The number of hydrogen-bond acceptors (Lipinski definition) is 11. The minimum absolute atomic E-state index is 0. The molecule has 0 atom stereocenters. The number of nitro groups is 1. The van der Waals surface area contributed by atoms with E-state index in [1.165, 1.54) is 23.9 Å². The molecule has 6 heterocycles. The van der Waals surface area contributed by atoms with Gasteiger partial charge in [-0.25, -0.2) is 48.5 Å². The summed E-state index contributed by atoms with van der Waals surface area (Å²) < 4.78 is 0. The molecule has 308 valence electrons. The maximum atomic E-state index is 10.3. The Kier molecular flexibility index (Phi) is 39.2. The number of carboxylic acid groups (broad SMARTS) is 1. The Morgan fingerprint density at radius 2 is 1.03 bits per heavy atom. The van der Waals surface area contributed by atoms with Crippen LogP contribution in [-0.4, -0.2) is 51.0 Å². The van der Waals surface area contributed by atoms with Crippen LogP contribution in [0, 0.1) is 96.7 Å². The second-order valence-corrected chi connectivity index (χ2v) is 12.3. The molecular formula is C43H50N8O5Y4-4. The van der Waals surface area contributed by atoms with E-state index in [9.17, 15) is 14.9 Å². The van der Waals surface area contributed by atoms with E-state index in [1.54, 1.807) is 39.2 Å². The maximum absolute atomic E-state index is 10.3. The fourth-order valence-electron chi connectivity index (χ4n) is 3.68. The Labute approximate surface area is 455 Å². The smallest absolute Gasteiger partial charge is 0.290 e. The van der Waals surface area contributed by atoms with Gasteiger partial charge in [-0.3, -0.25) is 24.9 Å². The number of hydrogen-bond donors (Lipinski definition) is 3. The molecule has 0 saturated carbocycles. The van der Waals surface area contributed by atoms with Crippen LogP contribution in [0.4, 0.5) is 11.4 Å². The van der Waals surface area contributed by atoms with Crippen LogP contribution >= 0.6 is 0 Å². The first-order valence-electron chi connectivity index (χ1n) is 17.4. The molecule has 6 rings (SSSR count). The fraction of sp³-hybridized carbons (Fsp3) is 0.279. The molecule has 0 fully saturated rings. The van der Waals surface area contributed by atoms with E-state index in [4.69, 9.17) is 15.9 Å². The summed E-state index contributed by atoms with van der Waals surface area (Å²) >= 11 is 0. The van der Waals surface area contributed by atoms with Gasteiger partial charge in [0.2, 0.25) is 0 Å². The van der Waals surface area contributed by atoms with Crippen LogP contribution in [0.2, 0.25) is 0 Å². The van der Waals surface area contributed by atoms with E-state index in [0.29, 0.717) is 11.4 Å². The van der Waals surface area contributed by atoms with Gasteiger partial charge in [0.25, 0.3) is 11.7 Å². The zero-order valence-electron chi connectivity index (χ0n) is 36.0. The van der Waals surface area contributed by atoms with E-state index in [0.717, 1.165) is 57.1 Å². The van der Waals surface area contributed by atoms with Gasteiger partial charge >= 0.3 is 0 Å². The van der Waals surface area contributed by atoms with E-state index >= 15 is 0 Å². The minimum atomic E-state index is -0.969. The molecule has 0 aliphatic heterocycles. The van der Waals surface area contributed by atoms with Crippen molar-refractivity contribution in [2.75, 3.05) is 5.73 Å². The second kappa shape index (κ2) is 36.4. The van der Waals surface area contributed by atoms with Gasteiger partial charge in [-0.1, -0.05) is 60.3 Å². The first kappa shape index (κ1) is 64.6. The van der Waals surface area contributed by atoms with E-state index in [-0.39, 0.29) is 149 Å². The maximum Gasteiger partial charge on any atom is 0.290 e. The van der Waals surface area contributed by atoms with Gasteiger partial charge in [-0.05, 0) is 78.8 Å². The Balaban J connectivity index is -0.000000310. The quantitative estimate of drug-likeness (QED) is 0.0883. The van der Waals surface area contributed by atoms with Gasteiger partial charge < -0.3 is 35.9 Å². The molecule has 4 radical (unpaired) electrons. The Bertz CT molecular complexity index is 2010. The van der Waals surface area contributed by atoms with Crippen molar-refractivity contribution in [3.8, 4) is 0 Å². The topological polar surface area (TPSA) is 204 Å². The molecule has 60 heavy (non-hydrogen) atoms. The first-order chi connectivity index (χ1) is 26.4. The van der Waals surface area contributed by atoms with Crippen LogP contribution in [0.25, 0.3) is 0 Å². The van der Waals surface area contributed by atoms with E-state index in [2.05, 4.69) is 61.1 Å². The molecule has 0 aromatic carbocycles. The standard InChI is InChI=1S/C8H10N.C7H8N2O2.C7H10N2.C7H6NO2.C7H8NO.C7H8N.4Y/c1-3-8-5-4-7(2)9-6-8;1-5-3-7(9(10)11)6(2)8-4-5;1-5-3-7(8)6(2)9-4-5;1-5-2-3-6(4-8-5)7(9)10;1-6-2-3-7(5-9)4-8-6;1-6-3-4-7(2)8-5-6;;;;/h5-6H,3H2,1-2H3;3-4H,1-2H3;3-4H,8H2,1-2H3;3-4H,1H3,(H,9,10);3-4,9H,5H2,1H3;3,5H,1-2H3;;;;/q-1;;;3*-1;;;;. The van der Waals surface area contributed by atoms with Crippen molar-refractivity contribution in [1.82, 2.24) is 29.9 Å². The van der Waals surface area contributed by atoms with Crippen LogP contribution in [0.5, 0.6) is 0 Å². The third-order valence-corrected chi connectivity index (χ3v) is 7.08. The number of carbonyl (C=O) groups is 1. The molecule has 0 amide bonds. The van der Waals surface area contributed by atoms with Gasteiger partial charge in [-0.2, -0.15) is 16.7 Å². The Morgan fingerprint density at radius 3 is 1.35 bits per heavy atom. The van der Waals surface area contributed by atoms with Gasteiger partial charge in [0.1, 0.15) is 5.69 Å². The van der Waals surface area contributed by atoms with Gasteiger partial charge in [0.05, 0.1) is 16.3 Å². The molecule has 0 bridgehead atoms. The molecule has 0 unspecified atom stereocenters. The van der Waals surface area contributed by atoms with Crippen LogP contribution in [-0.2, 0) is 144 Å². The van der Waals surface area contributed by atoms with Gasteiger partial charge in [0.15, 0.2) is 0 Å². The molecule has 0 spiro atoms. The summed E-state index contributed by atoms with van der Waals surface area (Å²) in [6.07, 6.45) is 11.2. The molecule has 6 aromatic heterocycles. The van der Waals surface area contributed by atoms with Crippen molar-refractivity contribution < 1.29 is 151 Å². The Hall–Kier alpha value is -2.05. The summed E-state index contributed by atoms with van der Waals surface area (Å²) in [6.45, 7) is 18.9. The number of anilines is 1. The van der Waals surface area contributed by atoms with Gasteiger partial charge in [-0.15, -0.1) is 6.92 Å². The summed E-state index contributed by atoms with van der Waals surface area (Å²) in [5, 5.41) is 27.3. The molecule has 6 aromatic rings. The molecule has 0 saturated heterocycles. The largest absolute Gasteiger partial charge is 0.491 e. The zero-order valence-corrected chi connectivity index (χ0v) is 47.3. The first-order valence-corrected chi connectivity index (χ1v) is 17.4. The van der Waals surface area contributed by atoms with Crippen LogP contribution < -0.4 is 5.73 Å². The fourth-order valence-corrected chi connectivity index (χ4v) is 3.68. The van der Waals surface area contributed by atoms with Crippen molar-refractivity contribution in [3.05, 3.63) is 176 Å². The molecule has 17 heteroatoms. The third-order valence-electron chi connectivity index (χ3n) is 7.08. The van der Waals surface area contributed by atoms with Crippen molar-refractivity contribution in [2.24, 2.45) is 0 Å².